The number of hydrogen-bond donors (Lipinski definition) is 2. The summed E-state index contributed by atoms with van der Waals surface area (Å²) in [6, 6.07) is 8.53. The summed E-state index contributed by atoms with van der Waals surface area (Å²) in [4.78, 5) is 0. The Labute approximate surface area is 123 Å². The van der Waals surface area contributed by atoms with E-state index in [0.29, 0.717) is 5.75 Å². The maximum Gasteiger partial charge on any atom is 0.260 e. The second kappa shape index (κ2) is 6.70. The van der Waals surface area contributed by atoms with Crippen LogP contribution in [0.2, 0.25) is 0 Å². The third-order valence-electron chi connectivity index (χ3n) is 2.98. The number of aromatic nitrogens is 2. The molecule has 1 aromatic carbocycles. The molecule has 0 unspecified atom stereocenters. The van der Waals surface area contributed by atoms with Crippen LogP contribution >= 0.6 is 0 Å². The summed E-state index contributed by atoms with van der Waals surface area (Å²) in [5.41, 5.74) is 0.719. The van der Waals surface area contributed by atoms with Crippen LogP contribution in [-0.2, 0) is 16.6 Å². The van der Waals surface area contributed by atoms with Gasteiger partial charge in [-0.15, -0.1) is 0 Å². The van der Waals surface area contributed by atoms with Gasteiger partial charge in [-0.25, -0.2) is 8.42 Å². The number of nitrogens with one attached hydrogen (secondary N) is 1. The lowest BCUT2D eigenvalue weighted by Gasteiger charge is -2.21. The summed E-state index contributed by atoms with van der Waals surface area (Å²) in [5.74, 6) is 0.597. The van der Waals surface area contributed by atoms with Crippen LogP contribution in [0.15, 0.2) is 41.6 Å². The van der Waals surface area contributed by atoms with Gasteiger partial charge in [0.1, 0.15) is 5.75 Å². The number of aliphatic hydroxyl groups excluding tert-OH is 1. The highest BCUT2D eigenvalue weighted by atomic mass is 32.2. The summed E-state index contributed by atoms with van der Waals surface area (Å²) in [5, 5.41) is 15.2. The van der Waals surface area contributed by atoms with Crippen LogP contribution in [0.1, 0.15) is 5.56 Å². The van der Waals surface area contributed by atoms with Crippen molar-refractivity contribution in [1.82, 2.24) is 14.5 Å². The monoisotopic (exact) mass is 311 g/mol. The van der Waals surface area contributed by atoms with Crippen molar-refractivity contribution >= 4 is 10.0 Å². The van der Waals surface area contributed by atoms with Gasteiger partial charge in [0.15, 0.2) is 5.03 Å². The first kappa shape index (κ1) is 15.5. The SMILES string of the molecule is COc1ccccc1CN(CCO)S(=O)(=O)c1ccn[nH]1. The Bertz CT molecular complexity index is 670. The van der Waals surface area contributed by atoms with Crippen molar-refractivity contribution in [3.05, 3.63) is 42.1 Å². The molecule has 0 atom stereocenters. The quantitative estimate of drug-likeness (QED) is 0.781. The summed E-state index contributed by atoms with van der Waals surface area (Å²) in [6.07, 6.45) is 1.37. The number of benzene rings is 1. The minimum atomic E-state index is -3.74. The third kappa shape index (κ3) is 3.41. The molecule has 0 aliphatic rings. The average Bonchev–Trinajstić information content (AvgIpc) is 3.02. The zero-order chi connectivity index (χ0) is 15.3. The van der Waals surface area contributed by atoms with Crippen molar-refractivity contribution in [2.75, 3.05) is 20.3 Å². The van der Waals surface area contributed by atoms with Crippen LogP contribution in [0.3, 0.4) is 0 Å². The molecule has 0 saturated heterocycles. The highest BCUT2D eigenvalue weighted by molar-refractivity contribution is 7.89. The number of rotatable bonds is 7. The van der Waals surface area contributed by atoms with Crippen molar-refractivity contribution in [2.24, 2.45) is 0 Å². The lowest BCUT2D eigenvalue weighted by atomic mass is 10.2. The minimum Gasteiger partial charge on any atom is -0.496 e. The van der Waals surface area contributed by atoms with Crippen molar-refractivity contribution in [3.63, 3.8) is 0 Å². The third-order valence-corrected chi connectivity index (χ3v) is 4.76. The first-order valence-corrected chi connectivity index (χ1v) is 7.76. The number of methoxy groups -OCH3 is 1. The first-order valence-electron chi connectivity index (χ1n) is 6.32. The number of aliphatic hydroxyl groups is 1. The Morgan fingerprint density at radius 1 is 1.33 bits per heavy atom. The fourth-order valence-electron chi connectivity index (χ4n) is 1.95. The van der Waals surface area contributed by atoms with Gasteiger partial charge in [0, 0.05) is 18.7 Å². The van der Waals surface area contributed by atoms with E-state index in [0.717, 1.165) is 5.56 Å². The van der Waals surface area contributed by atoms with E-state index in [9.17, 15) is 8.42 Å². The lowest BCUT2D eigenvalue weighted by molar-refractivity contribution is 0.249. The van der Waals surface area contributed by atoms with E-state index in [-0.39, 0.29) is 24.7 Å². The lowest BCUT2D eigenvalue weighted by Crippen LogP contribution is -2.33. The molecule has 0 radical (unpaired) electrons. The van der Waals surface area contributed by atoms with E-state index in [4.69, 9.17) is 9.84 Å². The van der Waals surface area contributed by atoms with Gasteiger partial charge in [0.05, 0.1) is 19.9 Å². The van der Waals surface area contributed by atoms with Crippen LogP contribution in [0.25, 0.3) is 0 Å². The highest BCUT2D eigenvalue weighted by Crippen LogP contribution is 2.22. The molecule has 8 heteroatoms. The molecule has 0 spiro atoms. The van der Waals surface area contributed by atoms with E-state index in [2.05, 4.69) is 10.2 Å². The fourth-order valence-corrected chi connectivity index (χ4v) is 3.26. The van der Waals surface area contributed by atoms with Crippen LogP contribution < -0.4 is 4.74 Å². The Balaban J connectivity index is 2.32. The van der Waals surface area contributed by atoms with Gasteiger partial charge in [0.25, 0.3) is 10.0 Å². The number of nitrogens with zero attached hydrogens (tertiary/aromatic N) is 2. The summed E-state index contributed by atoms with van der Waals surface area (Å²) >= 11 is 0. The fraction of sp³-hybridized carbons (Fsp3) is 0.308. The van der Waals surface area contributed by atoms with Gasteiger partial charge in [0.2, 0.25) is 0 Å². The van der Waals surface area contributed by atoms with E-state index in [1.807, 2.05) is 6.07 Å². The molecule has 0 amide bonds. The molecule has 0 fully saturated rings. The van der Waals surface area contributed by atoms with Crippen molar-refractivity contribution in [3.8, 4) is 5.75 Å². The number of ether oxygens (including phenoxy) is 1. The first-order chi connectivity index (χ1) is 10.1. The molecular formula is C13H17N3O4S. The Morgan fingerprint density at radius 2 is 2.10 bits per heavy atom. The predicted molar refractivity (Wildman–Crippen MR) is 76.3 cm³/mol. The average molecular weight is 311 g/mol. The largest absolute Gasteiger partial charge is 0.496 e. The van der Waals surface area contributed by atoms with Gasteiger partial charge in [-0.2, -0.15) is 9.40 Å². The topological polar surface area (TPSA) is 95.5 Å². The molecule has 0 saturated carbocycles. The van der Waals surface area contributed by atoms with Crippen molar-refractivity contribution in [1.29, 1.82) is 0 Å². The molecular weight excluding hydrogens is 294 g/mol. The molecule has 114 valence electrons. The van der Waals surface area contributed by atoms with Crippen LogP contribution in [-0.4, -0.2) is 48.3 Å². The molecule has 0 bridgehead atoms. The molecule has 2 rings (SSSR count). The number of para-hydroxylation sites is 1. The second-order valence-electron chi connectivity index (χ2n) is 4.29. The van der Waals surface area contributed by atoms with Gasteiger partial charge >= 0.3 is 0 Å². The van der Waals surface area contributed by atoms with Gasteiger partial charge in [-0.1, -0.05) is 18.2 Å². The maximum absolute atomic E-state index is 12.5. The van der Waals surface area contributed by atoms with E-state index < -0.39 is 10.0 Å². The smallest absolute Gasteiger partial charge is 0.260 e. The van der Waals surface area contributed by atoms with Crippen LogP contribution in [0.5, 0.6) is 5.75 Å². The summed E-state index contributed by atoms with van der Waals surface area (Å²) in [7, 11) is -2.22. The Hall–Kier alpha value is -1.90. The standard InChI is InChI=1S/C13H17N3O4S/c1-20-12-5-3-2-4-11(12)10-16(8-9-17)21(18,19)13-6-7-14-15-13/h2-7,17H,8-10H2,1H3,(H,14,15). The van der Waals surface area contributed by atoms with Crippen LogP contribution in [0, 0.1) is 0 Å². The van der Waals surface area contributed by atoms with Gasteiger partial charge in [-0.05, 0) is 12.1 Å². The van der Waals surface area contributed by atoms with Crippen LogP contribution in [0.4, 0.5) is 0 Å². The van der Waals surface area contributed by atoms with Gasteiger partial charge in [-0.3, -0.25) is 5.10 Å². The van der Waals surface area contributed by atoms with Gasteiger partial charge < -0.3 is 9.84 Å². The number of aromatic amines is 1. The number of hydrogen-bond acceptors (Lipinski definition) is 5. The Morgan fingerprint density at radius 3 is 2.71 bits per heavy atom. The number of sulfonamides is 1. The van der Waals surface area contributed by atoms with E-state index in [1.165, 1.54) is 23.7 Å². The molecule has 0 aliphatic heterocycles. The minimum absolute atomic E-state index is 0.00847. The summed E-state index contributed by atoms with van der Waals surface area (Å²) in [6.45, 7) is -0.187. The molecule has 2 N–H and O–H groups in total. The predicted octanol–water partition coefficient (Wildman–Crippen LogP) is 0.602. The highest BCUT2D eigenvalue weighted by Gasteiger charge is 2.26. The summed E-state index contributed by atoms with van der Waals surface area (Å²) < 4.78 is 31.4. The van der Waals surface area contributed by atoms with E-state index >= 15 is 0 Å². The zero-order valence-corrected chi connectivity index (χ0v) is 12.4. The molecule has 1 heterocycles. The normalized spacial score (nSPS) is 11.8. The zero-order valence-electron chi connectivity index (χ0n) is 11.6. The second-order valence-corrected chi connectivity index (χ2v) is 6.20. The number of H-pyrrole nitrogens is 1. The van der Waals surface area contributed by atoms with Crippen molar-refractivity contribution in [2.45, 2.75) is 11.6 Å². The van der Waals surface area contributed by atoms with Crippen molar-refractivity contribution < 1.29 is 18.3 Å². The molecule has 2 aromatic rings. The maximum atomic E-state index is 12.5. The molecule has 1 aromatic heterocycles. The molecule has 21 heavy (non-hydrogen) atoms. The van der Waals surface area contributed by atoms with E-state index in [1.54, 1.807) is 18.2 Å². The Kier molecular flexibility index (Phi) is 4.94. The molecule has 0 aliphatic carbocycles. The molecule has 7 nitrogen and oxygen atoms in total.